The van der Waals surface area contributed by atoms with Crippen LogP contribution in [0.15, 0.2) is 48.5 Å². The molecule has 2 amide bonds. The highest BCUT2D eigenvalue weighted by atomic mass is 35.5. The van der Waals surface area contributed by atoms with Crippen molar-refractivity contribution in [1.29, 1.82) is 0 Å². The van der Waals surface area contributed by atoms with Gasteiger partial charge in [-0.3, -0.25) is 9.59 Å². The molecule has 0 bridgehead atoms. The lowest BCUT2D eigenvalue weighted by Gasteiger charge is -2.21. The third kappa shape index (κ3) is 4.83. The number of benzene rings is 2. The van der Waals surface area contributed by atoms with Gasteiger partial charge in [0.25, 0.3) is 0 Å². The summed E-state index contributed by atoms with van der Waals surface area (Å²) in [6.07, 6.45) is 0.208. The Bertz CT molecular complexity index is 701. The zero-order valence-corrected chi connectivity index (χ0v) is 13.9. The number of anilines is 2. The van der Waals surface area contributed by atoms with Crippen LogP contribution < -0.4 is 10.2 Å². The maximum atomic E-state index is 12.0. The molecule has 0 fully saturated rings. The van der Waals surface area contributed by atoms with E-state index in [0.29, 0.717) is 17.3 Å². The highest BCUT2D eigenvalue weighted by Crippen LogP contribution is 2.23. The summed E-state index contributed by atoms with van der Waals surface area (Å²) in [6, 6.07) is 14.7. The molecule has 120 valence electrons. The number of rotatable bonds is 5. The van der Waals surface area contributed by atoms with Gasteiger partial charge in [-0.15, -0.1) is 0 Å². The third-order valence-electron chi connectivity index (χ3n) is 3.47. The molecule has 0 saturated heterocycles. The molecule has 0 spiro atoms. The zero-order valence-electron chi connectivity index (χ0n) is 13.2. The van der Waals surface area contributed by atoms with Crippen molar-refractivity contribution >= 4 is 34.8 Å². The number of nitrogens with one attached hydrogen (secondary N) is 1. The Balaban J connectivity index is 2.01. The maximum absolute atomic E-state index is 12.0. The van der Waals surface area contributed by atoms with E-state index in [1.54, 1.807) is 11.0 Å². The van der Waals surface area contributed by atoms with Crippen molar-refractivity contribution in [2.45, 2.75) is 20.3 Å². The molecule has 0 aliphatic rings. The van der Waals surface area contributed by atoms with Gasteiger partial charge in [-0.1, -0.05) is 35.9 Å². The molecule has 2 aromatic rings. The molecule has 23 heavy (non-hydrogen) atoms. The number of halogens is 1. The number of para-hydroxylation sites is 1. The molecule has 5 heteroatoms. The molecule has 2 rings (SSSR count). The first-order valence-corrected chi connectivity index (χ1v) is 7.74. The lowest BCUT2D eigenvalue weighted by Crippen LogP contribution is -2.32. The van der Waals surface area contributed by atoms with Crippen molar-refractivity contribution in [2.75, 3.05) is 16.8 Å². The van der Waals surface area contributed by atoms with Crippen molar-refractivity contribution < 1.29 is 9.59 Å². The molecule has 0 radical (unpaired) electrons. The molecular formula is C18H19ClN2O2. The normalized spacial score (nSPS) is 10.2. The van der Waals surface area contributed by atoms with Gasteiger partial charge >= 0.3 is 0 Å². The number of nitrogens with zero attached hydrogens (tertiary/aromatic N) is 1. The zero-order chi connectivity index (χ0) is 16.8. The number of aryl methyl sites for hydroxylation is 1. The van der Waals surface area contributed by atoms with Gasteiger partial charge in [-0.05, 0) is 36.8 Å². The van der Waals surface area contributed by atoms with E-state index in [-0.39, 0.29) is 18.2 Å². The van der Waals surface area contributed by atoms with Crippen LogP contribution in [-0.4, -0.2) is 18.4 Å². The fourth-order valence-electron chi connectivity index (χ4n) is 2.18. The lowest BCUT2D eigenvalue weighted by molar-refractivity contribution is -0.117. The molecule has 0 atom stereocenters. The number of carbonyl (C=O) groups excluding carboxylic acids is 2. The number of amides is 2. The van der Waals surface area contributed by atoms with Crippen LogP contribution in [0.25, 0.3) is 0 Å². The minimum atomic E-state index is -0.138. The van der Waals surface area contributed by atoms with Gasteiger partial charge < -0.3 is 10.2 Å². The molecule has 0 aliphatic heterocycles. The standard InChI is InChI=1S/C18H19ClN2O2/c1-13-8-9-16(12-17(13)19)21(14(2)22)11-10-18(23)20-15-6-4-3-5-7-15/h3-9,12H,10-11H2,1-2H3,(H,20,23). The van der Waals surface area contributed by atoms with Gasteiger partial charge in [-0.2, -0.15) is 0 Å². The quantitative estimate of drug-likeness (QED) is 0.899. The van der Waals surface area contributed by atoms with E-state index in [4.69, 9.17) is 11.6 Å². The molecule has 4 nitrogen and oxygen atoms in total. The number of hydrogen-bond acceptors (Lipinski definition) is 2. The first kappa shape index (κ1) is 17.0. The summed E-state index contributed by atoms with van der Waals surface area (Å²) in [5.41, 5.74) is 2.38. The minimum absolute atomic E-state index is 0.127. The Kier molecular flexibility index (Phi) is 5.77. The summed E-state index contributed by atoms with van der Waals surface area (Å²) in [5.74, 6) is -0.266. The molecular weight excluding hydrogens is 312 g/mol. The Labute approximate surface area is 141 Å². The van der Waals surface area contributed by atoms with Crippen LogP contribution in [-0.2, 0) is 9.59 Å². The van der Waals surface area contributed by atoms with E-state index in [1.807, 2.05) is 49.4 Å². The van der Waals surface area contributed by atoms with Gasteiger partial charge in [0.05, 0.1) is 0 Å². The van der Waals surface area contributed by atoms with Crippen molar-refractivity contribution in [3.05, 3.63) is 59.1 Å². The summed E-state index contributed by atoms with van der Waals surface area (Å²) in [7, 11) is 0. The minimum Gasteiger partial charge on any atom is -0.326 e. The van der Waals surface area contributed by atoms with Gasteiger partial charge in [0.2, 0.25) is 11.8 Å². The van der Waals surface area contributed by atoms with Crippen molar-refractivity contribution in [3.63, 3.8) is 0 Å². The highest BCUT2D eigenvalue weighted by Gasteiger charge is 2.14. The maximum Gasteiger partial charge on any atom is 0.226 e. The Morgan fingerprint density at radius 3 is 2.43 bits per heavy atom. The first-order chi connectivity index (χ1) is 11.0. The van der Waals surface area contributed by atoms with Gasteiger partial charge in [-0.25, -0.2) is 0 Å². The molecule has 0 aromatic heterocycles. The largest absolute Gasteiger partial charge is 0.326 e. The third-order valence-corrected chi connectivity index (χ3v) is 3.87. The Hall–Kier alpha value is -2.33. The monoisotopic (exact) mass is 330 g/mol. The van der Waals surface area contributed by atoms with Gasteiger partial charge in [0, 0.05) is 36.3 Å². The van der Waals surface area contributed by atoms with E-state index in [1.165, 1.54) is 6.92 Å². The van der Waals surface area contributed by atoms with E-state index in [9.17, 15) is 9.59 Å². The Morgan fingerprint density at radius 2 is 1.83 bits per heavy atom. The fraction of sp³-hybridized carbons (Fsp3) is 0.222. The molecule has 0 saturated carbocycles. The predicted molar refractivity (Wildman–Crippen MR) is 93.9 cm³/mol. The van der Waals surface area contributed by atoms with Crippen LogP contribution in [0.4, 0.5) is 11.4 Å². The van der Waals surface area contributed by atoms with Crippen molar-refractivity contribution in [1.82, 2.24) is 0 Å². The average Bonchev–Trinajstić information content (AvgIpc) is 2.51. The predicted octanol–water partition coefficient (Wildman–Crippen LogP) is 4.03. The molecule has 0 aliphatic carbocycles. The van der Waals surface area contributed by atoms with Gasteiger partial charge in [0.1, 0.15) is 0 Å². The van der Waals surface area contributed by atoms with E-state index < -0.39 is 0 Å². The summed E-state index contributed by atoms with van der Waals surface area (Å²) >= 11 is 6.12. The van der Waals surface area contributed by atoms with Crippen LogP contribution in [0.5, 0.6) is 0 Å². The number of carbonyl (C=O) groups is 2. The highest BCUT2D eigenvalue weighted by molar-refractivity contribution is 6.31. The van der Waals surface area contributed by atoms with Crippen LogP contribution in [0.2, 0.25) is 5.02 Å². The smallest absolute Gasteiger partial charge is 0.226 e. The second kappa shape index (κ2) is 7.79. The van der Waals surface area contributed by atoms with Crippen LogP contribution in [0, 0.1) is 6.92 Å². The summed E-state index contributed by atoms with van der Waals surface area (Å²) in [5, 5.41) is 3.40. The van der Waals surface area contributed by atoms with Gasteiger partial charge in [0.15, 0.2) is 0 Å². The topological polar surface area (TPSA) is 49.4 Å². The van der Waals surface area contributed by atoms with Crippen molar-refractivity contribution in [3.8, 4) is 0 Å². The van der Waals surface area contributed by atoms with Crippen LogP contribution >= 0.6 is 11.6 Å². The second-order valence-electron chi connectivity index (χ2n) is 5.27. The van der Waals surface area contributed by atoms with E-state index >= 15 is 0 Å². The SMILES string of the molecule is CC(=O)N(CCC(=O)Nc1ccccc1)c1ccc(C)c(Cl)c1. The van der Waals surface area contributed by atoms with Crippen LogP contribution in [0.3, 0.4) is 0 Å². The first-order valence-electron chi connectivity index (χ1n) is 7.36. The molecule has 1 N–H and O–H groups in total. The molecule has 2 aromatic carbocycles. The molecule has 0 unspecified atom stereocenters. The Morgan fingerprint density at radius 1 is 1.13 bits per heavy atom. The summed E-state index contributed by atoms with van der Waals surface area (Å²) in [4.78, 5) is 25.4. The number of hydrogen-bond donors (Lipinski definition) is 1. The van der Waals surface area contributed by atoms with Crippen molar-refractivity contribution in [2.24, 2.45) is 0 Å². The summed E-state index contributed by atoms with van der Waals surface area (Å²) in [6.45, 7) is 3.67. The lowest BCUT2D eigenvalue weighted by atomic mass is 10.2. The molecule has 0 heterocycles. The summed E-state index contributed by atoms with van der Waals surface area (Å²) < 4.78 is 0. The fourth-order valence-corrected chi connectivity index (χ4v) is 2.35. The second-order valence-corrected chi connectivity index (χ2v) is 5.68. The van der Waals surface area contributed by atoms with Crippen LogP contribution in [0.1, 0.15) is 18.9 Å². The van der Waals surface area contributed by atoms with E-state index in [0.717, 1.165) is 11.3 Å². The average molecular weight is 331 g/mol. The van der Waals surface area contributed by atoms with E-state index in [2.05, 4.69) is 5.32 Å².